The van der Waals surface area contributed by atoms with Crippen molar-refractivity contribution in [3.8, 4) is 0 Å². The molecule has 0 saturated carbocycles. The number of rotatable bonds is 3. The molecule has 0 atom stereocenters. The van der Waals surface area contributed by atoms with Gasteiger partial charge in [0.2, 0.25) is 0 Å². The minimum Gasteiger partial charge on any atom is -0.339 e. The molecule has 0 aliphatic rings. The first-order chi connectivity index (χ1) is 7.78. The number of aryl methyl sites for hydroxylation is 1. The van der Waals surface area contributed by atoms with Gasteiger partial charge in [-0.15, -0.1) is 5.10 Å². The molecule has 4 heteroatoms. The van der Waals surface area contributed by atoms with E-state index in [4.69, 9.17) is 5.73 Å². The minimum absolute atomic E-state index is 0.560. The maximum atomic E-state index is 5.53. The van der Waals surface area contributed by atoms with E-state index in [1.807, 2.05) is 43.3 Å². The highest BCUT2D eigenvalue weighted by Gasteiger charge is 1.96. The molecular formula is C12H14N4. The first-order valence-corrected chi connectivity index (χ1v) is 5.14. The summed E-state index contributed by atoms with van der Waals surface area (Å²) in [6.45, 7) is 2.47. The summed E-state index contributed by atoms with van der Waals surface area (Å²) in [4.78, 5) is 0. The molecule has 0 radical (unpaired) electrons. The first kappa shape index (κ1) is 10.6. The Hall–Kier alpha value is -1.94. The van der Waals surface area contributed by atoms with Crippen LogP contribution in [-0.2, 0) is 6.54 Å². The van der Waals surface area contributed by atoms with Crippen molar-refractivity contribution in [3.63, 3.8) is 0 Å². The van der Waals surface area contributed by atoms with Gasteiger partial charge >= 0.3 is 0 Å². The number of nitrogens with one attached hydrogen (secondary N) is 1. The maximum absolute atomic E-state index is 5.53. The van der Waals surface area contributed by atoms with Gasteiger partial charge in [0.15, 0.2) is 5.82 Å². The second-order valence-electron chi connectivity index (χ2n) is 3.59. The molecule has 0 aliphatic heterocycles. The third-order valence-electron chi connectivity index (χ3n) is 2.26. The van der Waals surface area contributed by atoms with Gasteiger partial charge in [-0.3, -0.25) is 0 Å². The topological polar surface area (TPSA) is 63.8 Å². The van der Waals surface area contributed by atoms with Crippen molar-refractivity contribution in [1.82, 2.24) is 10.2 Å². The zero-order valence-electron chi connectivity index (χ0n) is 9.14. The van der Waals surface area contributed by atoms with Crippen LogP contribution in [0, 0.1) is 6.92 Å². The summed E-state index contributed by atoms with van der Waals surface area (Å²) >= 11 is 0. The van der Waals surface area contributed by atoms with Gasteiger partial charge in [-0.1, -0.05) is 12.1 Å². The normalized spacial score (nSPS) is 10.1. The molecule has 1 heterocycles. The van der Waals surface area contributed by atoms with Crippen molar-refractivity contribution >= 4 is 11.5 Å². The molecule has 1 aromatic heterocycles. The summed E-state index contributed by atoms with van der Waals surface area (Å²) in [6, 6.07) is 11.8. The molecule has 2 aromatic rings. The molecule has 0 aliphatic carbocycles. The first-order valence-electron chi connectivity index (χ1n) is 5.14. The molecule has 0 spiro atoms. The molecule has 2 rings (SSSR count). The Kier molecular flexibility index (Phi) is 3.12. The lowest BCUT2D eigenvalue weighted by Gasteiger charge is -2.05. The molecule has 0 bridgehead atoms. The zero-order valence-corrected chi connectivity index (χ0v) is 9.14. The van der Waals surface area contributed by atoms with E-state index in [0.717, 1.165) is 22.8 Å². The monoisotopic (exact) mass is 214 g/mol. The highest BCUT2D eigenvalue weighted by Crippen LogP contribution is 2.14. The fraction of sp³-hybridized carbons (Fsp3) is 0.167. The number of anilines is 2. The molecule has 1 aromatic carbocycles. The van der Waals surface area contributed by atoms with Gasteiger partial charge in [0.05, 0.1) is 5.69 Å². The predicted molar refractivity (Wildman–Crippen MR) is 64.4 cm³/mol. The SMILES string of the molecule is Cc1ccc(Nc2ccc(CN)cc2)nn1. The summed E-state index contributed by atoms with van der Waals surface area (Å²) in [5, 5.41) is 11.2. The van der Waals surface area contributed by atoms with Gasteiger partial charge in [0, 0.05) is 12.2 Å². The molecule has 16 heavy (non-hydrogen) atoms. The summed E-state index contributed by atoms with van der Waals surface area (Å²) in [7, 11) is 0. The average molecular weight is 214 g/mol. The Labute approximate surface area is 94.5 Å². The van der Waals surface area contributed by atoms with E-state index >= 15 is 0 Å². The summed E-state index contributed by atoms with van der Waals surface area (Å²) < 4.78 is 0. The Morgan fingerprint density at radius 2 is 1.81 bits per heavy atom. The lowest BCUT2D eigenvalue weighted by Crippen LogP contribution is -1.98. The van der Waals surface area contributed by atoms with E-state index in [9.17, 15) is 0 Å². The van der Waals surface area contributed by atoms with Gasteiger partial charge in [0.25, 0.3) is 0 Å². The number of nitrogens with zero attached hydrogens (tertiary/aromatic N) is 2. The van der Waals surface area contributed by atoms with Crippen LogP contribution in [0.5, 0.6) is 0 Å². The molecular weight excluding hydrogens is 200 g/mol. The lowest BCUT2D eigenvalue weighted by atomic mass is 10.2. The van der Waals surface area contributed by atoms with E-state index in [0.29, 0.717) is 6.54 Å². The largest absolute Gasteiger partial charge is 0.339 e. The van der Waals surface area contributed by atoms with Crippen molar-refractivity contribution in [2.45, 2.75) is 13.5 Å². The molecule has 0 saturated heterocycles. The fourth-order valence-corrected chi connectivity index (χ4v) is 1.34. The van der Waals surface area contributed by atoms with Crippen molar-refractivity contribution in [2.24, 2.45) is 5.73 Å². The van der Waals surface area contributed by atoms with Crippen LogP contribution in [-0.4, -0.2) is 10.2 Å². The van der Waals surface area contributed by atoms with Crippen LogP contribution in [0.15, 0.2) is 36.4 Å². The van der Waals surface area contributed by atoms with Gasteiger partial charge in [-0.25, -0.2) is 0 Å². The molecule has 0 fully saturated rings. The van der Waals surface area contributed by atoms with E-state index in [1.165, 1.54) is 0 Å². The Morgan fingerprint density at radius 3 is 2.38 bits per heavy atom. The van der Waals surface area contributed by atoms with Crippen LogP contribution in [0.2, 0.25) is 0 Å². The van der Waals surface area contributed by atoms with Gasteiger partial charge in [0.1, 0.15) is 0 Å². The number of nitrogens with two attached hydrogens (primary N) is 1. The van der Waals surface area contributed by atoms with Crippen LogP contribution >= 0.6 is 0 Å². The summed E-state index contributed by atoms with van der Waals surface area (Å²) in [5.41, 5.74) is 8.53. The smallest absolute Gasteiger partial charge is 0.153 e. The Morgan fingerprint density at radius 1 is 1.06 bits per heavy atom. The Bertz CT molecular complexity index is 447. The van der Waals surface area contributed by atoms with E-state index in [2.05, 4.69) is 15.5 Å². The van der Waals surface area contributed by atoms with Gasteiger partial charge in [-0.2, -0.15) is 5.10 Å². The minimum atomic E-state index is 0.560. The molecule has 82 valence electrons. The van der Waals surface area contributed by atoms with Crippen LogP contribution in [0.1, 0.15) is 11.3 Å². The summed E-state index contributed by atoms with van der Waals surface area (Å²) in [6.07, 6.45) is 0. The van der Waals surface area contributed by atoms with E-state index in [1.54, 1.807) is 0 Å². The fourth-order valence-electron chi connectivity index (χ4n) is 1.34. The zero-order chi connectivity index (χ0) is 11.4. The van der Waals surface area contributed by atoms with Crippen LogP contribution in [0.4, 0.5) is 11.5 Å². The van der Waals surface area contributed by atoms with E-state index in [-0.39, 0.29) is 0 Å². The predicted octanol–water partition coefficient (Wildman–Crippen LogP) is 1.99. The number of aromatic nitrogens is 2. The number of benzene rings is 1. The van der Waals surface area contributed by atoms with E-state index < -0.39 is 0 Å². The van der Waals surface area contributed by atoms with Gasteiger partial charge in [-0.05, 0) is 36.8 Å². The number of hydrogen-bond acceptors (Lipinski definition) is 4. The van der Waals surface area contributed by atoms with Gasteiger partial charge < -0.3 is 11.1 Å². The van der Waals surface area contributed by atoms with Crippen LogP contribution < -0.4 is 11.1 Å². The molecule has 3 N–H and O–H groups in total. The quantitative estimate of drug-likeness (QED) is 0.820. The third-order valence-corrected chi connectivity index (χ3v) is 2.26. The number of hydrogen-bond donors (Lipinski definition) is 2. The highest BCUT2D eigenvalue weighted by atomic mass is 15.2. The third kappa shape index (κ3) is 2.55. The standard InChI is InChI=1S/C12H14N4/c1-9-2-7-12(16-15-9)14-11-5-3-10(8-13)4-6-11/h2-7H,8,13H2,1H3,(H,14,16). The molecule has 4 nitrogen and oxygen atoms in total. The van der Waals surface area contributed by atoms with Crippen molar-refractivity contribution in [3.05, 3.63) is 47.7 Å². The van der Waals surface area contributed by atoms with Crippen molar-refractivity contribution in [2.75, 3.05) is 5.32 Å². The lowest BCUT2D eigenvalue weighted by molar-refractivity contribution is 0.986. The second-order valence-corrected chi connectivity index (χ2v) is 3.59. The highest BCUT2D eigenvalue weighted by molar-refractivity contribution is 5.55. The van der Waals surface area contributed by atoms with Crippen LogP contribution in [0.3, 0.4) is 0 Å². The molecule has 0 amide bonds. The van der Waals surface area contributed by atoms with Crippen LogP contribution in [0.25, 0.3) is 0 Å². The van der Waals surface area contributed by atoms with Crippen molar-refractivity contribution in [1.29, 1.82) is 0 Å². The molecule has 0 unspecified atom stereocenters. The average Bonchev–Trinajstić information content (AvgIpc) is 2.33. The second kappa shape index (κ2) is 4.72. The van der Waals surface area contributed by atoms with Crippen molar-refractivity contribution < 1.29 is 0 Å². The summed E-state index contributed by atoms with van der Waals surface area (Å²) in [5.74, 6) is 0.742. The maximum Gasteiger partial charge on any atom is 0.153 e. The Balaban J connectivity index is 2.11.